The quantitative estimate of drug-likeness (QED) is 0.732. The highest BCUT2D eigenvalue weighted by Crippen LogP contribution is 2.20. The Morgan fingerprint density at radius 1 is 1.43 bits per heavy atom. The molecule has 1 fully saturated rings. The third-order valence-corrected chi connectivity index (χ3v) is 2.64. The van der Waals surface area contributed by atoms with Crippen LogP contribution in [0.25, 0.3) is 0 Å². The minimum atomic E-state index is -0.0244. The second kappa shape index (κ2) is 3.82. The fourth-order valence-electron chi connectivity index (χ4n) is 1.63. The predicted molar refractivity (Wildman–Crippen MR) is 57.1 cm³/mol. The number of nitrogen functional groups attached to an aromatic ring is 1. The van der Waals surface area contributed by atoms with Gasteiger partial charge in [0.05, 0.1) is 2.74 Å². The summed E-state index contributed by atoms with van der Waals surface area (Å²) < 4.78 is 15.4. The van der Waals surface area contributed by atoms with Crippen molar-refractivity contribution in [3.05, 3.63) is 12.1 Å². The van der Waals surface area contributed by atoms with Gasteiger partial charge in [0.25, 0.3) is 0 Å². The van der Waals surface area contributed by atoms with Crippen LogP contribution >= 0.6 is 0 Å². The molecule has 4 nitrogen and oxygen atoms in total. The van der Waals surface area contributed by atoms with Crippen molar-refractivity contribution < 1.29 is 2.74 Å². The minimum absolute atomic E-state index is 0.0244. The number of nitrogens with two attached hydrogens (primary N) is 1. The number of nitrogens with zero attached hydrogens (tertiary/aromatic N) is 3. The minimum Gasteiger partial charge on any atom is -0.382 e. The van der Waals surface area contributed by atoms with Gasteiger partial charge in [-0.3, -0.25) is 0 Å². The number of hydrogen-bond donors (Lipinski definition) is 1. The van der Waals surface area contributed by atoms with Crippen LogP contribution in [0.3, 0.4) is 0 Å². The number of anilines is 2. The molecule has 0 aromatic carbocycles. The van der Waals surface area contributed by atoms with Crippen molar-refractivity contribution in [2.45, 2.75) is 19.8 Å². The van der Waals surface area contributed by atoms with Crippen molar-refractivity contribution in [3.8, 4) is 0 Å². The monoisotopic (exact) mass is 194 g/mol. The maximum Gasteiger partial charge on any atom is 0.151 e. The molecule has 0 saturated carbocycles. The summed E-state index contributed by atoms with van der Waals surface area (Å²) in [6.45, 7) is 3.99. The van der Waals surface area contributed by atoms with Crippen molar-refractivity contribution in [3.63, 3.8) is 0 Å². The topological polar surface area (TPSA) is 55.0 Å². The van der Waals surface area contributed by atoms with Gasteiger partial charge in [-0.05, 0) is 30.8 Å². The van der Waals surface area contributed by atoms with E-state index in [0.717, 1.165) is 31.8 Å². The molecule has 2 rings (SSSR count). The number of aromatic nitrogens is 2. The lowest BCUT2D eigenvalue weighted by molar-refractivity contribution is 0.436. The van der Waals surface area contributed by atoms with Crippen molar-refractivity contribution in [1.82, 2.24) is 10.2 Å². The Morgan fingerprint density at radius 3 is 2.86 bits per heavy atom. The Morgan fingerprint density at radius 2 is 2.14 bits per heavy atom. The van der Waals surface area contributed by atoms with Crippen LogP contribution in [0, 0.1) is 5.92 Å². The molecule has 0 atom stereocenters. The van der Waals surface area contributed by atoms with Crippen LogP contribution in [0.4, 0.5) is 11.6 Å². The van der Waals surface area contributed by atoms with Crippen LogP contribution in [0.15, 0.2) is 12.1 Å². The molecule has 0 spiro atoms. The van der Waals surface area contributed by atoms with Gasteiger partial charge in [-0.2, -0.15) is 0 Å². The van der Waals surface area contributed by atoms with Crippen LogP contribution in [0.5, 0.6) is 0 Å². The molecule has 1 aliphatic rings. The summed E-state index contributed by atoms with van der Waals surface area (Å²) in [6.07, 6.45) is 2.19. The first-order chi connectivity index (χ1) is 7.59. The van der Waals surface area contributed by atoms with Gasteiger partial charge in [0.1, 0.15) is 5.82 Å². The maximum atomic E-state index is 7.81. The molecule has 0 unspecified atom stereocenters. The Labute approximate surface area is 86.9 Å². The van der Waals surface area contributed by atoms with Crippen molar-refractivity contribution in [2.75, 3.05) is 23.7 Å². The van der Waals surface area contributed by atoms with E-state index in [2.05, 4.69) is 17.1 Å². The van der Waals surface area contributed by atoms with Crippen LogP contribution in [-0.4, -0.2) is 23.3 Å². The van der Waals surface area contributed by atoms with Crippen molar-refractivity contribution in [1.29, 1.82) is 0 Å². The highest BCUT2D eigenvalue weighted by Gasteiger charge is 2.16. The lowest BCUT2D eigenvalue weighted by Crippen LogP contribution is -2.33. The van der Waals surface area contributed by atoms with Crippen LogP contribution < -0.4 is 10.6 Å². The largest absolute Gasteiger partial charge is 0.382 e. The lowest BCUT2D eigenvalue weighted by atomic mass is 9.99. The lowest BCUT2D eigenvalue weighted by Gasteiger charge is -2.30. The van der Waals surface area contributed by atoms with E-state index in [1.807, 2.05) is 4.90 Å². The van der Waals surface area contributed by atoms with E-state index >= 15 is 0 Å². The van der Waals surface area contributed by atoms with Gasteiger partial charge in [-0.25, -0.2) is 0 Å². The zero-order chi connectivity index (χ0) is 11.7. The highest BCUT2D eigenvalue weighted by molar-refractivity contribution is 5.41. The zero-order valence-electron chi connectivity index (χ0n) is 10.3. The smallest absolute Gasteiger partial charge is 0.151 e. The maximum absolute atomic E-state index is 7.81. The predicted octanol–water partition coefficient (Wildman–Crippen LogP) is 1.30. The normalized spacial score (nSPS) is 20.5. The number of piperidine rings is 1. The van der Waals surface area contributed by atoms with Gasteiger partial charge < -0.3 is 10.6 Å². The molecule has 0 bridgehead atoms. The standard InChI is InChI=1S/C10H16N4/c1-8-4-6-14(7-5-8)10-3-2-9(11)12-13-10/h2-3,8H,4-7H2,1H3,(H2,11,12)/i2D,3D. The number of hydrogen-bond acceptors (Lipinski definition) is 4. The summed E-state index contributed by atoms with van der Waals surface area (Å²) in [7, 11) is 0. The Bertz CT molecular complexity index is 389. The van der Waals surface area contributed by atoms with Gasteiger partial charge in [-0.1, -0.05) is 6.92 Å². The average Bonchev–Trinajstić information content (AvgIpc) is 2.28. The van der Waals surface area contributed by atoms with Crippen molar-refractivity contribution in [2.24, 2.45) is 5.92 Å². The molecule has 0 radical (unpaired) electrons. The third kappa shape index (κ3) is 1.95. The molecule has 0 amide bonds. The Balaban J connectivity index is 2.24. The summed E-state index contributed by atoms with van der Waals surface area (Å²) in [6, 6.07) is 0.0608. The van der Waals surface area contributed by atoms with E-state index in [9.17, 15) is 0 Å². The summed E-state index contributed by atoms with van der Waals surface area (Å²) in [4.78, 5) is 2.02. The first kappa shape index (κ1) is 7.04. The van der Waals surface area contributed by atoms with E-state index < -0.39 is 0 Å². The molecule has 1 aliphatic heterocycles. The fourth-order valence-corrected chi connectivity index (χ4v) is 1.63. The first-order valence-corrected chi connectivity index (χ1v) is 4.94. The molecule has 1 aromatic rings. The van der Waals surface area contributed by atoms with E-state index in [4.69, 9.17) is 8.48 Å². The van der Waals surface area contributed by atoms with Crippen LogP contribution in [-0.2, 0) is 0 Å². The molecule has 1 saturated heterocycles. The summed E-state index contributed by atoms with van der Waals surface area (Å²) in [5.74, 6) is 1.24. The molecule has 1 aromatic heterocycles. The summed E-state index contributed by atoms with van der Waals surface area (Å²) >= 11 is 0. The molecule has 76 valence electrons. The molecular formula is C10H16N4. The van der Waals surface area contributed by atoms with E-state index in [-0.39, 0.29) is 17.9 Å². The second-order valence-electron chi connectivity index (χ2n) is 3.83. The van der Waals surface area contributed by atoms with E-state index in [0.29, 0.717) is 5.82 Å². The molecular weight excluding hydrogens is 176 g/mol. The van der Waals surface area contributed by atoms with Crippen LogP contribution in [0.1, 0.15) is 22.5 Å². The second-order valence-corrected chi connectivity index (χ2v) is 3.83. The average molecular weight is 194 g/mol. The van der Waals surface area contributed by atoms with Gasteiger partial charge >= 0.3 is 0 Å². The van der Waals surface area contributed by atoms with E-state index in [1.54, 1.807) is 0 Å². The SMILES string of the molecule is [2H]c1c(N)nnc(N2CCC(C)CC2)c1[2H]. The molecule has 2 N–H and O–H groups in total. The van der Waals surface area contributed by atoms with Gasteiger partial charge in [0.2, 0.25) is 0 Å². The molecule has 2 heterocycles. The molecule has 0 aliphatic carbocycles. The van der Waals surface area contributed by atoms with E-state index in [1.165, 1.54) is 0 Å². The fraction of sp³-hybridized carbons (Fsp3) is 0.600. The van der Waals surface area contributed by atoms with Crippen molar-refractivity contribution >= 4 is 11.6 Å². The first-order valence-electron chi connectivity index (χ1n) is 5.94. The molecule has 14 heavy (non-hydrogen) atoms. The highest BCUT2D eigenvalue weighted by atomic mass is 15.3. The number of rotatable bonds is 1. The Hall–Kier alpha value is -1.32. The summed E-state index contributed by atoms with van der Waals surface area (Å²) in [5.41, 5.74) is 5.44. The van der Waals surface area contributed by atoms with Crippen LogP contribution in [0.2, 0.25) is 0 Å². The van der Waals surface area contributed by atoms with Gasteiger partial charge in [0, 0.05) is 13.1 Å². The van der Waals surface area contributed by atoms with Gasteiger partial charge in [-0.15, -0.1) is 10.2 Å². The summed E-state index contributed by atoms with van der Waals surface area (Å²) in [5, 5.41) is 7.64. The molecule has 4 heteroatoms. The zero-order valence-corrected chi connectivity index (χ0v) is 8.32. The van der Waals surface area contributed by atoms with Gasteiger partial charge in [0.15, 0.2) is 5.82 Å². The Kier molecular flexibility index (Phi) is 1.92. The third-order valence-electron chi connectivity index (χ3n) is 2.64.